The van der Waals surface area contributed by atoms with E-state index in [2.05, 4.69) is 19.9 Å². The van der Waals surface area contributed by atoms with Crippen LogP contribution in [0.5, 0.6) is 0 Å². The third-order valence-corrected chi connectivity index (χ3v) is 2.52. The highest BCUT2D eigenvalue weighted by molar-refractivity contribution is 4.95. The zero-order valence-electron chi connectivity index (χ0n) is 7.17. The molecule has 0 heterocycles. The monoisotopic (exact) mass is 153 g/mol. The molecule has 62 valence electrons. The zero-order valence-corrected chi connectivity index (χ0v) is 7.17. The summed E-state index contributed by atoms with van der Waals surface area (Å²) < 4.78 is 0. The van der Waals surface area contributed by atoms with Gasteiger partial charge < -0.3 is 5.11 Å². The van der Waals surface area contributed by atoms with Gasteiger partial charge in [0.2, 0.25) is 0 Å². The van der Waals surface area contributed by atoms with Gasteiger partial charge in [0.25, 0.3) is 0 Å². The first-order valence-corrected chi connectivity index (χ1v) is 4.13. The van der Waals surface area contributed by atoms with E-state index in [1.54, 1.807) is 0 Å². The molecule has 2 heteroatoms. The van der Waals surface area contributed by atoms with Crippen molar-refractivity contribution in [3.05, 3.63) is 0 Å². The first-order valence-electron chi connectivity index (χ1n) is 4.13. The Kier molecular flexibility index (Phi) is 2.20. The molecule has 0 aliphatic heterocycles. The fourth-order valence-electron chi connectivity index (χ4n) is 1.70. The zero-order chi connectivity index (χ0) is 8.48. The minimum atomic E-state index is -0.381. The SMILES string of the molecule is CC1(C)CCC(O)C(C#N)C1. The third-order valence-electron chi connectivity index (χ3n) is 2.52. The van der Waals surface area contributed by atoms with Crippen molar-refractivity contribution in [1.29, 1.82) is 5.26 Å². The van der Waals surface area contributed by atoms with Crippen molar-refractivity contribution in [3.8, 4) is 6.07 Å². The lowest BCUT2D eigenvalue weighted by Gasteiger charge is -2.35. The molecule has 1 aliphatic rings. The molecule has 2 atom stereocenters. The molecule has 1 N–H and O–H groups in total. The largest absolute Gasteiger partial charge is 0.392 e. The van der Waals surface area contributed by atoms with Crippen molar-refractivity contribution in [2.75, 3.05) is 0 Å². The second-order valence-corrected chi connectivity index (χ2v) is 4.21. The fourth-order valence-corrected chi connectivity index (χ4v) is 1.70. The first-order chi connectivity index (χ1) is 5.05. The fraction of sp³-hybridized carbons (Fsp3) is 0.889. The first kappa shape index (κ1) is 8.55. The van der Waals surface area contributed by atoms with E-state index in [0.717, 1.165) is 19.3 Å². The molecule has 1 rings (SSSR count). The van der Waals surface area contributed by atoms with E-state index in [1.807, 2.05) is 0 Å². The molecule has 0 amide bonds. The van der Waals surface area contributed by atoms with Gasteiger partial charge in [0.15, 0.2) is 0 Å². The van der Waals surface area contributed by atoms with Gasteiger partial charge in [-0.3, -0.25) is 0 Å². The maximum atomic E-state index is 9.38. The summed E-state index contributed by atoms with van der Waals surface area (Å²) in [6, 6.07) is 2.16. The van der Waals surface area contributed by atoms with Crippen LogP contribution in [0.25, 0.3) is 0 Å². The predicted molar refractivity (Wildman–Crippen MR) is 42.7 cm³/mol. The Bertz CT molecular complexity index is 180. The minimum Gasteiger partial charge on any atom is -0.392 e. The standard InChI is InChI=1S/C9H15NO/c1-9(2)4-3-8(11)7(5-9)6-10/h7-8,11H,3-5H2,1-2H3. The quantitative estimate of drug-likeness (QED) is 0.575. The van der Waals surface area contributed by atoms with Gasteiger partial charge in [-0.1, -0.05) is 13.8 Å². The Balaban J connectivity index is 2.60. The number of nitrogens with zero attached hydrogens (tertiary/aromatic N) is 1. The summed E-state index contributed by atoms with van der Waals surface area (Å²) in [4.78, 5) is 0. The van der Waals surface area contributed by atoms with E-state index in [4.69, 9.17) is 5.26 Å². The Hall–Kier alpha value is -0.550. The van der Waals surface area contributed by atoms with Gasteiger partial charge in [-0.2, -0.15) is 5.26 Å². The lowest BCUT2D eigenvalue weighted by Crippen LogP contribution is -2.32. The lowest BCUT2D eigenvalue weighted by molar-refractivity contribution is 0.0463. The van der Waals surface area contributed by atoms with Gasteiger partial charge >= 0.3 is 0 Å². The second-order valence-electron chi connectivity index (χ2n) is 4.21. The van der Waals surface area contributed by atoms with Gasteiger partial charge in [-0.25, -0.2) is 0 Å². The highest BCUT2D eigenvalue weighted by atomic mass is 16.3. The van der Waals surface area contributed by atoms with E-state index >= 15 is 0 Å². The molecule has 2 unspecified atom stereocenters. The van der Waals surface area contributed by atoms with Crippen LogP contribution in [0.15, 0.2) is 0 Å². The maximum absolute atomic E-state index is 9.38. The molecule has 0 spiro atoms. The van der Waals surface area contributed by atoms with Gasteiger partial charge in [-0.15, -0.1) is 0 Å². The van der Waals surface area contributed by atoms with Crippen LogP contribution in [0.1, 0.15) is 33.1 Å². The molecule has 1 saturated carbocycles. The van der Waals surface area contributed by atoms with Crippen molar-refractivity contribution in [3.63, 3.8) is 0 Å². The van der Waals surface area contributed by atoms with E-state index in [0.29, 0.717) is 0 Å². The van der Waals surface area contributed by atoms with Crippen molar-refractivity contribution < 1.29 is 5.11 Å². The second kappa shape index (κ2) is 2.83. The van der Waals surface area contributed by atoms with Crippen LogP contribution in [-0.4, -0.2) is 11.2 Å². The average molecular weight is 153 g/mol. The number of nitriles is 1. The van der Waals surface area contributed by atoms with Crippen molar-refractivity contribution >= 4 is 0 Å². The van der Waals surface area contributed by atoms with Crippen LogP contribution in [-0.2, 0) is 0 Å². The van der Waals surface area contributed by atoms with E-state index < -0.39 is 0 Å². The molecular weight excluding hydrogens is 138 g/mol. The van der Waals surface area contributed by atoms with Crippen molar-refractivity contribution in [1.82, 2.24) is 0 Å². The summed E-state index contributed by atoms with van der Waals surface area (Å²) in [5.74, 6) is -0.140. The van der Waals surface area contributed by atoms with E-state index in [-0.39, 0.29) is 17.4 Å². The highest BCUT2D eigenvalue weighted by Gasteiger charge is 2.33. The molecule has 0 saturated heterocycles. The number of aliphatic hydroxyl groups is 1. The van der Waals surface area contributed by atoms with Gasteiger partial charge in [0, 0.05) is 0 Å². The summed E-state index contributed by atoms with van der Waals surface area (Å²) in [6.45, 7) is 4.31. The third kappa shape index (κ3) is 1.94. The molecule has 1 aliphatic carbocycles. The van der Waals surface area contributed by atoms with E-state index in [9.17, 15) is 5.11 Å². The van der Waals surface area contributed by atoms with Gasteiger partial charge in [0.1, 0.15) is 0 Å². The summed E-state index contributed by atoms with van der Waals surface area (Å²) in [7, 11) is 0. The van der Waals surface area contributed by atoms with Crippen LogP contribution in [0, 0.1) is 22.7 Å². The summed E-state index contributed by atoms with van der Waals surface area (Å²) in [5, 5.41) is 18.1. The summed E-state index contributed by atoms with van der Waals surface area (Å²) >= 11 is 0. The Labute approximate surface area is 67.8 Å². The predicted octanol–water partition coefficient (Wildman–Crippen LogP) is 1.70. The number of hydrogen-bond acceptors (Lipinski definition) is 2. The number of hydrogen-bond donors (Lipinski definition) is 1. The van der Waals surface area contributed by atoms with Gasteiger partial charge in [-0.05, 0) is 24.7 Å². The Morgan fingerprint density at radius 3 is 2.64 bits per heavy atom. The van der Waals surface area contributed by atoms with Crippen molar-refractivity contribution in [2.45, 2.75) is 39.2 Å². The summed E-state index contributed by atoms with van der Waals surface area (Å²) in [6.07, 6.45) is 2.27. The summed E-state index contributed by atoms with van der Waals surface area (Å²) in [5.41, 5.74) is 0.250. The molecule has 11 heavy (non-hydrogen) atoms. The van der Waals surface area contributed by atoms with Gasteiger partial charge in [0.05, 0.1) is 18.1 Å². The molecule has 1 fully saturated rings. The average Bonchev–Trinajstić information content (AvgIpc) is 1.94. The molecule has 0 radical (unpaired) electrons. The molecule has 0 aromatic carbocycles. The molecule has 0 bridgehead atoms. The topological polar surface area (TPSA) is 44.0 Å². The number of aliphatic hydroxyl groups excluding tert-OH is 1. The Morgan fingerprint density at radius 1 is 1.55 bits per heavy atom. The molecule has 0 aromatic rings. The normalized spacial score (nSPS) is 36.2. The highest BCUT2D eigenvalue weighted by Crippen LogP contribution is 2.38. The lowest BCUT2D eigenvalue weighted by atomic mass is 9.71. The molecular formula is C9H15NO. The van der Waals surface area contributed by atoms with E-state index in [1.165, 1.54) is 0 Å². The minimum absolute atomic E-state index is 0.140. The smallest absolute Gasteiger partial charge is 0.0727 e. The number of rotatable bonds is 0. The van der Waals surface area contributed by atoms with Crippen LogP contribution >= 0.6 is 0 Å². The molecule has 2 nitrogen and oxygen atoms in total. The molecule has 0 aromatic heterocycles. The van der Waals surface area contributed by atoms with Crippen LogP contribution in [0.3, 0.4) is 0 Å². The van der Waals surface area contributed by atoms with Crippen LogP contribution in [0.4, 0.5) is 0 Å². The van der Waals surface area contributed by atoms with Crippen LogP contribution < -0.4 is 0 Å². The Morgan fingerprint density at radius 2 is 2.18 bits per heavy atom. The van der Waals surface area contributed by atoms with Crippen LogP contribution in [0.2, 0.25) is 0 Å². The maximum Gasteiger partial charge on any atom is 0.0727 e. The van der Waals surface area contributed by atoms with Crippen molar-refractivity contribution in [2.24, 2.45) is 11.3 Å².